The molecule has 1 aromatic rings. The molecule has 0 saturated heterocycles. The summed E-state index contributed by atoms with van der Waals surface area (Å²) in [5.74, 6) is 1.48. The van der Waals surface area contributed by atoms with E-state index in [2.05, 4.69) is 26.1 Å². The highest BCUT2D eigenvalue weighted by Gasteiger charge is 2.21. The Morgan fingerprint density at radius 2 is 2.00 bits per heavy atom. The zero-order chi connectivity index (χ0) is 14.3. The van der Waals surface area contributed by atoms with Gasteiger partial charge in [0, 0.05) is 16.6 Å². The van der Waals surface area contributed by atoms with Crippen LogP contribution in [-0.2, 0) is 0 Å². The molecule has 1 rings (SSSR count). The average Bonchev–Trinajstić information content (AvgIpc) is 2.40. The van der Waals surface area contributed by atoms with Gasteiger partial charge in [-0.15, -0.1) is 0 Å². The van der Waals surface area contributed by atoms with Gasteiger partial charge >= 0.3 is 0 Å². The average molecular weight is 284 g/mol. The van der Waals surface area contributed by atoms with Crippen LogP contribution in [0.5, 0.6) is 5.75 Å². The molecular formula is C16H26ClNO. The van der Waals surface area contributed by atoms with Gasteiger partial charge in [0.15, 0.2) is 0 Å². The molecule has 0 aliphatic carbocycles. The molecule has 0 aliphatic rings. The van der Waals surface area contributed by atoms with Crippen molar-refractivity contribution in [3.05, 3.63) is 28.8 Å². The lowest BCUT2D eigenvalue weighted by molar-refractivity contribution is 0.342. The number of hydrogen-bond acceptors (Lipinski definition) is 2. The number of halogens is 1. The van der Waals surface area contributed by atoms with Crippen molar-refractivity contribution in [1.29, 1.82) is 0 Å². The van der Waals surface area contributed by atoms with Gasteiger partial charge in [-0.3, -0.25) is 0 Å². The van der Waals surface area contributed by atoms with Crippen molar-refractivity contribution in [2.45, 2.75) is 46.1 Å². The van der Waals surface area contributed by atoms with E-state index in [1.54, 1.807) is 7.11 Å². The Morgan fingerprint density at radius 1 is 1.26 bits per heavy atom. The molecule has 108 valence electrons. The molecular weight excluding hydrogens is 258 g/mol. The summed E-state index contributed by atoms with van der Waals surface area (Å²) in [5, 5.41) is 4.40. The minimum atomic E-state index is 0.300. The molecule has 2 atom stereocenters. The first-order valence-electron chi connectivity index (χ1n) is 7.20. The van der Waals surface area contributed by atoms with E-state index in [-0.39, 0.29) is 0 Å². The third-order valence-electron chi connectivity index (χ3n) is 3.45. The van der Waals surface area contributed by atoms with Gasteiger partial charge in [-0.25, -0.2) is 0 Å². The minimum Gasteiger partial charge on any atom is -0.496 e. The van der Waals surface area contributed by atoms with E-state index in [1.165, 1.54) is 18.4 Å². The van der Waals surface area contributed by atoms with Crippen molar-refractivity contribution in [1.82, 2.24) is 5.32 Å². The van der Waals surface area contributed by atoms with Crippen LogP contribution >= 0.6 is 11.6 Å². The molecule has 0 heterocycles. The van der Waals surface area contributed by atoms with Crippen molar-refractivity contribution in [2.75, 3.05) is 13.7 Å². The number of benzene rings is 1. The lowest BCUT2D eigenvalue weighted by Crippen LogP contribution is -2.28. The fraction of sp³-hybridized carbons (Fsp3) is 0.625. The van der Waals surface area contributed by atoms with Gasteiger partial charge in [-0.2, -0.15) is 0 Å². The van der Waals surface area contributed by atoms with Gasteiger partial charge in [0.25, 0.3) is 0 Å². The van der Waals surface area contributed by atoms with Crippen molar-refractivity contribution < 1.29 is 4.74 Å². The van der Waals surface area contributed by atoms with Crippen LogP contribution in [0.25, 0.3) is 0 Å². The number of hydrogen-bond donors (Lipinski definition) is 1. The molecule has 2 unspecified atom stereocenters. The Morgan fingerprint density at radius 3 is 2.58 bits per heavy atom. The first-order chi connectivity index (χ1) is 9.13. The standard InChI is InChI=1S/C16H26ClNO/c1-5-7-12(3)16(18-10-6-2)14-11-13(17)8-9-15(14)19-4/h8-9,11-12,16,18H,5-7,10H2,1-4H3. The SMILES string of the molecule is CCCNC(c1cc(Cl)ccc1OC)C(C)CCC. The van der Waals surface area contributed by atoms with Crippen LogP contribution < -0.4 is 10.1 Å². The van der Waals surface area contributed by atoms with Crippen LogP contribution in [0.15, 0.2) is 18.2 Å². The second-order valence-electron chi connectivity index (χ2n) is 5.08. The van der Waals surface area contributed by atoms with E-state index in [0.717, 1.165) is 23.7 Å². The maximum absolute atomic E-state index is 6.15. The minimum absolute atomic E-state index is 0.300. The zero-order valence-electron chi connectivity index (χ0n) is 12.5. The third-order valence-corrected chi connectivity index (χ3v) is 3.69. The molecule has 0 aromatic heterocycles. The van der Waals surface area contributed by atoms with Crippen molar-refractivity contribution in [2.24, 2.45) is 5.92 Å². The molecule has 1 N–H and O–H groups in total. The van der Waals surface area contributed by atoms with Crippen molar-refractivity contribution in [3.63, 3.8) is 0 Å². The molecule has 2 nitrogen and oxygen atoms in total. The van der Waals surface area contributed by atoms with E-state index in [0.29, 0.717) is 12.0 Å². The Hall–Kier alpha value is -0.730. The number of ether oxygens (including phenoxy) is 1. The highest BCUT2D eigenvalue weighted by molar-refractivity contribution is 6.30. The topological polar surface area (TPSA) is 21.3 Å². The highest BCUT2D eigenvalue weighted by Crippen LogP contribution is 2.34. The molecule has 1 aromatic carbocycles. The molecule has 0 amide bonds. The number of rotatable bonds is 8. The van der Waals surface area contributed by atoms with Crippen LogP contribution in [0, 0.1) is 5.92 Å². The van der Waals surface area contributed by atoms with E-state index in [4.69, 9.17) is 16.3 Å². The van der Waals surface area contributed by atoms with E-state index >= 15 is 0 Å². The van der Waals surface area contributed by atoms with Crippen LogP contribution in [0.3, 0.4) is 0 Å². The van der Waals surface area contributed by atoms with Crippen LogP contribution in [0.4, 0.5) is 0 Å². The van der Waals surface area contributed by atoms with Crippen LogP contribution in [-0.4, -0.2) is 13.7 Å². The van der Waals surface area contributed by atoms with Crippen molar-refractivity contribution in [3.8, 4) is 5.75 Å². The monoisotopic (exact) mass is 283 g/mol. The fourth-order valence-corrected chi connectivity index (χ4v) is 2.67. The van der Waals surface area contributed by atoms with Gasteiger partial charge in [-0.1, -0.05) is 38.8 Å². The second kappa shape index (κ2) is 8.44. The summed E-state index contributed by atoms with van der Waals surface area (Å²) in [6, 6.07) is 6.16. The zero-order valence-corrected chi connectivity index (χ0v) is 13.3. The number of nitrogens with one attached hydrogen (secondary N) is 1. The van der Waals surface area contributed by atoms with Crippen LogP contribution in [0.1, 0.15) is 51.6 Å². The van der Waals surface area contributed by atoms with Crippen LogP contribution in [0.2, 0.25) is 5.02 Å². The Kier molecular flexibility index (Phi) is 7.25. The Labute approximate surface area is 122 Å². The van der Waals surface area contributed by atoms with E-state index in [9.17, 15) is 0 Å². The molecule has 0 aliphatic heterocycles. The molecule has 0 bridgehead atoms. The molecule has 0 fully saturated rings. The van der Waals surface area contributed by atoms with E-state index in [1.807, 2.05) is 18.2 Å². The Bertz CT molecular complexity index is 381. The third kappa shape index (κ3) is 4.70. The first kappa shape index (κ1) is 16.3. The molecule has 3 heteroatoms. The highest BCUT2D eigenvalue weighted by atomic mass is 35.5. The fourth-order valence-electron chi connectivity index (χ4n) is 2.49. The summed E-state index contributed by atoms with van der Waals surface area (Å²) in [6.45, 7) is 7.71. The van der Waals surface area contributed by atoms with Gasteiger partial charge in [0.1, 0.15) is 5.75 Å². The summed E-state index contributed by atoms with van der Waals surface area (Å²) < 4.78 is 5.49. The molecule has 0 saturated carbocycles. The summed E-state index contributed by atoms with van der Waals surface area (Å²) in [4.78, 5) is 0. The Balaban J connectivity index is 3.04. The number of methoxy groups -OCH3 is 1. The summed E-state index contributed by atoms with van der Waals surface area (Å²) in [7, 11) is 1.72. The van der Waals surface area contributed by atoms with E-state index < -0.39 is 0 Å². The maximum atomic E-state index is 6.15. The predicted molar refractivity (Wildman–Crippen MR) is 83.1 cm³/mol. The maximum Gasteiger partial charge on any atom is 0.123 e. The molecule has 0 radical (unpaired) electrons. The van der Waals surface area contributed by atoms with Gasteiger partial charge in [0.05, 0.1) is 7.11 Å². The molecule has 19 heavy (non-hydrogen) atoms. The quantitative estimate of drug-likeness (QED) is 0.738. The summed E-state index contributed by atoms with van der Waals surface area (Å²) in [6.07, 6.45) is 3.50. The summed E-state index contributed by atoms with van der Waals surface area (Å²) in [5.41, 5.74) is 1.17. The lowest BCUT2D eigenvalue weighted by Gasteiger charge is -2.27. The van der Waals surface area contributed by atoms with Gasteiger partial charge in [0.2, 0.25) is 0 Å². The smallest absolute Gasteiger partial charge is 0.123 e. The lowest BCUT2D eigenvalue weighted by atomic mass is 9.90. The van der Waals surface area contributed by atoms with Crippen molar-refractivity contribution >= 4 is 11.6 Å². The summed E-state index contributed by atoms with van der Waals surface area (Å²) >= 11 is 6.15. The normalized spacial score (nSPS) is 14.2. The van der Waals surface area contributed by atoms with Gasteiger partial charge < -0.3 is 10.1 Å². The second-order valence-corrected chi connectivity index (χ2v) is 5.52. The first-order valence-corrected chi connectivity index (χ1v) is 7.58. The van der Waals surface area contributed by atoms with Gasteiger partial charge in [-0.05, 0) is 43.5 Å². The molecule has 0 spiro atoms. The predicted octanol–water partition coefficient (Wildman–Crippen LogP) is 4.83. The largest absolute Gasteiger partial charge is 0.496 e.